The van der Waals surface area contributed by atoms with Crippen molar-refractivity contribution < 1.29 is 17.9 Å². The molecule has 0 aromatic carbocycles. The Hall–Kier alpha value is -0.0500. The molecule has 0 fully saturated rings. The Kier molecular flexibility index (Phi) is 4.21. The first-order valence-corrected chi connectivity index (χ1v) is 6.01. The van der Waals surface area contributed by atoms with Gasteiger partial charge in [0, 0.05) is 17.1 Å². The summed E-state index contributed by atoms with van der Waals surface area (Å²) >= 11 is 4.90. The molecule has 0 radical (unpaired) electrons. The first-order chi connectivity index (χ1) is 6.85. The maximum absolute atomic E-state index is 12.1. The highest BCUT2D eigenvalue weighted by Crippen LogP contribution is 2.32. The summed E-state index contributed by atoms with van der Waals surface area (Å²) < 4.78 is 40.5. The van der Waals surface area contributed by atoms with E-state index in [2.05, 4.69) is 25.7 Å². The standard InChI is InChI=1S/C8H6BrF3INO/c1-4-6(2-9)14-3-5(13)7(4)15-8(10,11)12/h3H,2H2,1H3. The summed E-state index contributed by atoms with van der Waals surface area (Å²) in [6.45, 7) is 1.55. The van der Waals surface area contributed by atoms with Crippen molar-refractivity contribution in [1.29, 1.82) is 0 Å². The van der Waals surface area contributed by atoms with Crippen LogP contribution in [0.5, 0.6) is 5.75 Å². The topological polar surface area (TPSA) is 22.1 Å². The molecular weight excluding hydrogens is 390 g/mol. The third-order valence-corrected chi connectivity index (χ3v) is 2.97. The molecule has 15 heavy (non-hydrogen) atoms. The molecule has 0 spiro atoms. The van der Waals surface area contributed by atoms with Crippen LogP contribution in [-0.2, 0) is 5.33 Å². The van der Waals surface area contributed by atoms with Gasteiger partial charge in [0.25, 0.3) is 0 Å². The average molecular weight is 396 g/mol. The summed E-state index contributed by atoms with van der Waals surface area (Å²) in [4.78, 5) is 3.99. The molecule has 0 saturated carbocycles. The van der Waals surface area contributed by atoms with Crippen molar-refractivity contribution in [1.82, 2.24) is 4.98 Å². The number of hydrogen-bond acceptors (Lipinski definition) is 2. The first kappa shape index (κ1) is 13.0. The van der Waals surface area contributed by atoms with Crippen LogP contribution in [0.25, 0.3) is 0 Å². The zero-order valence-electron chi connectivity index (χ0n) is 7.53. The number of ether oxygens (including phenoxy) is 1. The van der Waals surface area contributed by atoms with Gasteiger partial charge in [0.05, 0.1) is 9.26 Å². The molecule has 1 aromatic rings. The van der Waals surface area contributed by atoms with E-state index >= 15 is 0 Å². The summed E-state index contributed by atoms with van der Waals surface area (Å²) in [7, 11) is 0. The third-order valence-electron chi connectivity index (χ3n) is 1.67. The fourth-order valence-corrected chi connectivity index (χ4v) is 2.20. The number of aromatic nitrogens is 1. The van der Waals surface area contributed by atoms with Crippen molar-refractivity contribution in [3.8, 4) is 5.75 Å². The van der Waals surface area contributed by atoms with Crippen LogP contribution in [0, 0.1) is 10.5 Å². The minimum atomic E-state index is -4.67. The molecule has 0 aliphatic heterocycles. The van der Waals surface area contributed by atoms with Crippen LogP contribution >= 0.6 is 38.5 Å². The maximum Gasteiger partial charge on any atom is 0.573 e. The zero-order chi connectivity index (χ0) is 11.6. The van der Waals surface area contributed by atoms with E-state index in [4.69, 9.17) is 0 Å². The lowest BCUT2D eigenvalue weighted by Gasteiger charge is -2.14. The SMILES string of the molecule is Cc1c(CBr)ncc(I)c1OC(F)(F)F. The molecule has 0 aliphatic carbocycles. The van der Waals surface area contributed by atoms with Crippen LogP contribution in [-0.4, -0.2) is 11.3 Å². The molecule has 0 N–H and O–H groups in total. The quantitative estimate of drug-likeness (QED) is 0.561. The van der Waals surface area contributed by atoms with Crippen molar-refractivity contribution in [3.05, 3.63) is 21.0 Å². The molecular formula is C8H6BrF3INO. The fraction of sp³-hybridized carbons (Fsp3) is 0.375. The molecule has 0 saturated heterocycles. The number of alkyl halides is 4. The van der Waals surface area contributed by atoms with Crippen molar-refractivity contribution >= 4 is 38.5 Å². The van der Waals surface area contributed by atoms with E-state index in [9.17, 15) is 13.2 Å². The Bertz CT molecular complexity index is 370. The van der Waals surface area contributed by atoms with Gasteiger partial charge in [-0.15, -0.1) is 13.2 Å². The summed E-state index contributed by atoms with van der Waals surface area (Å²) in [5.41, 5.74) is 0.936. The summed E-state index contributed by atoms with van der Waals surface area (Å²) in [5.74, 6) is -0.174. The van der Waals surface area contributed by atoms with E-state index in [0.29, 0.717) is 20.2 Å². The molecule has 7 heteroatoms. The number of rotatable bonds is 2. The predicted octanol–water partition coefficient (Wildman–Crippen LogP) is 3.79. The second-order valence-corrected chi connectivity index (χ2v) is 4.41. The zero-order valence-corrected chi connectivity index (χ0v) is 11.3. The van der Waals surface area contributed by atoms with Gasteiger partial charge in [-0.05, 0) is 29.5 Å². The highest BCUT2D eigenvalue weighted by Gasteiger charge is 2.33. The van der Waals surface area contributed by atoms with Crippen LogP contribution in [0.15, 0.2) is 6.20 Å². The number of pyridine rings is 1. The van der Waals surface area contributed by atoms with E-state index in [1.807, 2.05) is 0 Å². The Balaban J connectivity index is 3.15. The molecule has 84 valence electrons. The van der Waals surface area contributed by atoms with E-state index in [0.717, 1.165) is 0 Å². The van der Waals surface area contributed by atoms with Crippen molar-refractivity contribution in [2.45, 2.75) is 18.6 Å². The van der Waals surface area contributed by atoms with Crippen molar-refractivity contribution in [3.63, 3.8) is 0 Å². The molecule has 1 aromatic heterocycles. The van der Waals surface area contributed by atoms with E-state index in [-0.39, 0.29) is 5.75 Å². The number of hydrogen-bond donors (Lipinski definition) is 0. The highest BCUT2D eigenvalue weighted by atomic mass is 127. The lowest BCUT2D eigenvalue weighted by molar-refractivity contribution is -0.275. The Morgan fingerprint density at radius 1 is 1.53 bits per heavy atom. The van der Waals surface area contributed by atoms with Crippen LogP contribution in [0.3, 0.4) is 0 Å². The van der Waals surface area contributed by atoms with Crippen LogP contribution in [0.2, 0.25) is 0 Å². The summed E-state index contributed by atoms with van der Waals surface area (Å²) in [6.07, 6.45) is -3.32. The molecule has 0 unspecified atom stereocenters. The molecule has 2 nitrogen and oxygen atoms in total. The maximum atomic E-state index is 12.1. The van der Waals surface area contributed by atoms with E-state index in [1.54, 1.807) is 29.5 Å². The predicted molar refractivity (Wildman–Crippen MR) is 61.0 cm³/mol. The molecule has 0 atom stereocenters. The fourth-order valence-electron chi connectivity index (χ4n) is 0.976. The van der Waals surface area contributed by atoms with Crippen LogP contribution in [0.1, 0.15) is 11.3 Å². The lowest BCUT2D eigenvalue weighted by atomic mass is 10.2. The molecule has 0 bridgehead atoms. The largest absolute Gasteiger partial charge is 0.573 e. The molecule has 1 rings (SSSR count). The Labute approximate surface area is 106 Å². The van der Waals surface area contributed by atoms with Gasteiger partial charge >= 0.3 is 6.36 Å². The minimum absolute atomic E-state index is 0.174. The van der Waals surface area contributed by atoms with Gasteiger partial charge < -0.3 is 4.74 Å². The van der Waals surface area contributed by atoms with Gasteiger partial charge in [-0.1, -0.05) is 15.9 Å². The third kappa shape index (κ3) is 3.47. The normalized spacial score (nSPS) is 11.6. The Morgan fingerprint density at radius 2 is 2.13 bits per heavy atom. The van der Waals surface area contributed by atoms with Crippen molar-refractivity contribution in [2.24, 2.45) is 0 Å². The van der Waals surface area contributed by atoms with Gasteiger partial charge in [-0.2, -0.15) is 0 Å². The minimum Gasteiger partial charge on any atom is -0.404 e. The molecule has 1 heterocycles. The van der Waals surface area contributed by atoms with E-state index in [1.165, 1.54) is 6.20 Å². The highest BCUT2D eigenvalue weighted by molar-refractivity contribution is 14.1. The van der Waals surface area contributed by atoms with Crippen molar-refractivity contribution in [2.75, 3.05) is 0 Å². The van der Waals surface area contributed by atoms with Crippen LogP contribution in [0.4, 0.5) is 13.2 Å². The van der Waals surface area contributed by atoms with Gasteiger partial charge in [-0.25, -0.2) is 0 Å². The second-order valence-electron chi connectivity index (χ2n) is 2.69. The average Bonchev–Trinajstić information content (AvgIpc) is 2.11. The van der Waals surface area contributed by atoms with Gasteiger partial charge in [0.15, 0.2) is 0 Å². The Morgan fingerprint density at radius 3 is 2.60 bits per heavy atom. The number of nitrogens with zero attached hydrogens (tertiary/aromatic N) is 1. The summed E-state index contributed by atoms with van der Waals surface area (Å²) in [6, 6.07) is 0. The smallest absolute Gasteiger partial charge is 0.404 e. The van der Waals surface area contributed by atoms with Gasteiger partial charge in [0.2, 0.25) is 0 Å². The lowest BCUT2D eigenvalue weighted by Crippen LogP contribution is -2.19. The molecule has 0 amide bonds. The second kappa shape index (κ2) is 4.86. The van der Waals surface area contributed by atoms with Gasteiger partial charge in [-0.3, -0.25) is 4.98 Å². The first-order valence-electron chi connectivity index (χ1n) is 3.81. The molecule has 0 aliphatic rings. The van der Waals surface area contributed by atoms with Gasteiger partial charge in [0.1, 0.15) is 5.75 Å². The monoisotopic (exact) mass is 395 g/mol. The summed E-state index contributed by atoms with van der Waals surface area (Å²) in [5, 5.41) is 0.393. The van der Waals surface area contributed by atoms with E-state index < -0.39 is 6.36 Å². The number of halogens is 5. The van der Waals surface area contributed by atoms with Crippen LogP contribution < -0.4 is 4.74 Å².